The van der Waals surface area contributed by atoms with E-state index >= 15 is 0 Å². The van der Waals surface area contributed by atoms with Gasteiger partial charge in [0.05, 0.1) is 18.1 Å². The predicted octanol–water partition coefficient (Wildman–Crippen LogP) is 3.91. The molecule has 0 bridgehead atoms. The van der Waals surface area contributed by atoms with Crippen molar-refractivity contribution in [2.75, 3.05) is 12.8 Å². The molecule has 0 saturated heterocycles. The van der Waals surface area contributed by atoms with E-state index in [9.17, 15) is 4.39 Å². The maximum atomic E-state index is 13.8. The van der Waals surface area contributed by atoms with E-state index in [2.05, 4.69) is 23.4 Å². The highest BCUT2D eigenvalue weighted by molar-refractivity contribution is 5.80. The largest absolute Gasteiger partial charge is 0.494 e. The van der Waals surface area contributed by atoms with Crippen LogP contribution in [0.2, 0.25) is 0 Å². The van der Waals surface area contributed by atoms with Gasteiger partial charge in [-0.3, -0.25) is 0 Å². The van der Waals surface area contributed by atoms with Gasteiger partial charge in [-0.05, 0) is 24.7 Å². The first-order valence-electron chi connectivity index (χ1n) is 7.42. The Morgan fingerprint density at radius 2 is 2.19 bits per heavy atom. The van der Waals surface area contributed by atoms with Crippen molar-refractivity contribution in [1.29, 1.82) is 0 Å². The topological polar surface area (TPSA) is 53.1 Å². The summed E-state index contributed by atoms with van der Waals surface area (Å²) in [5.41, 5.74) is 7.85. The van der Waals surface area contributed by atoms with Gasteiger partial charge in [0.1, 0.15) is 0 Å². The highest BCUT2D eigenvalue weighted by atomic mass is 19.1. The lowest BCUT2D eigenvalue weighted by Gasteiger charge is -2.36. The molecule has 0 radical (unpaired) electrons. The maximum Gasteiger partial charge on any atom is 0.201 e. The molecule has 1 fully saturated rings. The Bertz CT molecular complexity index is 678. The summed E-state index contributed by atoms with van der Waals surface area (Å²) in [6.45, 7) is 4.57. The highest BCUT2D eigenvalue weighted by Gasteiger charge is 2.31. The van der Waals surface area contributed by atoms with Crippen molar-refractivity contribution in [3.05, 3.63) is 17.9 Å². The first-order chi connectivity index (χ1) is 9.91. The van der Waals surface area contributed by atoms with Crippen molar-refractivity contribution in [3.8, 4) is 5.75 Å². The van der Waals surface area contributed by atoms with Gasteiger partial charge in [-0.1, -0.05) is 20.3 Å². The zero-order valence-corrected chi connectivity index (χ0v) is 12.8. The maximum absolute atomic E-state index is 13.8. The van der Waals surface area contributed by atoms with E-state index in [4.69, 9.17) is 10.5 Å². The molecule has 3 rings (SSSR count). The smallest absolute Gasteiger partial charge is 0.201 e. The molecule has 2 N–H and O–H groups in total. The van der Waals surface area contributed by atoms with Crippen molar-refractivity contribution >= 4 is 17.0 Å². The standard InChI is InChI=1S/C16H22FN3O/c1-16(2)6-4-5-10(9-16)20-13-8-14(21-3)11(17)7-12(13)19-15(20)18/h7-8,10H,4-6,9H2,1-3H3,(H2,18,19). The average Bonchev–Trinajstić information content (AvgIpc) is 2.71. The minimum Gasteiger partial charge on any atom is -0.494 e. The highest BCUT2D eigenvalue weighted by Crippen LogP contribution is 2.43. The number of fused-ring (bicyclic) bond motifs is 1. The number of nitrogens with two attached hydrogens (primary N) is 1. The van der Waals surface area contributed by atoms with E-state index in [1.807, 2.05) is 0 Å². The van der Waals surface area contributed by atoms with Crippen molar-refractivity contribution in [3.63, 3.8) is 0 Å². The SMILES string of the molecule is COc1cc2c(cc1F)nc(N)n2C1CCCC(C)(C)C1. The molecule has 5 heteroatoms. The molecule has 1 saturated carbocycles. The number of rotatable bonds is 2. The van der Waals surface area contributed by atoms with Crippen LogP contribution >= 0.6 is 0 Å². The van der Waals surface area contributed by atoms with Crippen LogP contribution in [0.15, 0.2) is 12.1 Å². The Balaban J connectivity index is 2.11. The fourth-order valence-corrected chi connectivity index (χ4v) is 3.53. The van der Waals surface area contributed by atoms with E-state index in [-0.39, 0.29) is 5.75 Å². The fraction of sp³-hybridized carbons (Fsp3) is 0.562. The van der Waals surface area contributed by atoms with Gasteiger partial charge >= 0.3 is 0 Å². The van der Waals surface area contributed by atoms with E-state index in [0.717, 1.165) is 18.4 Å². The molecular weight excluding hydrogens is 269 g/mol. The van der Waals surface area contributed by atoms with Gasteiger partial charge in [-0.15, -0.1) is 0 Å². The molecule has 1 heterocycles. The lowest BCUT2D eigenvalue weighted by molar-refractivity contribution is 0.187. The third-order valence-corrected chi connectivity index (χ3v) is 4.53. The number of benzene rings is 1. The van der Waals surface area contributed by atoms with Gasteiger partial charge in [0.25, 0.3) is 0 Å². The second-order valence-corrected chi connectivity index (χ2v) is 6.73. The summed E-state index contributed by atoms with van der Waals surface area (Å²) in [7, 11) is 1.47. The fourth-order valence-electron chi connectivity index (χ4n) is 3.53. The molecule has 1 aromatic carbocycles. The molecule has 0 spiro atoms. The van der Waals surface area contributed by atoms with Gasteiger partial charge in [0.2, 0.25) is 5.95 Å². The Hall–Kier alpha value is -1.78. The van der Waals surface area contributed by atoms with Gasteiger partial charge in [0, 0.05) is 18.2 Å². The van der Waals surface area contributed by atoms with E-state index in [0.29, 0.717) is 22.9 Å². The summed E-state index contributed by atoms with van der Waals surface area (Å²) < 4.78 is 21.0. The second kappa shape index (κ2) is 4.90. The van der Waals surface area contributed by atoms with Gasteiger partial charge in [-0.25, -0.2) is 9.37 Å². The van der Waals surface area contributed by atoms with Crippen LogP contribution in [-0.4, -0.2) is 16.7 Å². The van der Waals surface area contributed by atoms with Gasteiger partial charge in [-0.2, -0.15) is 0 Å². The number of halogens is 1. The number of nitrogens with zero attached hydrogens (tertiary/aromatic N) is 2. The summed E-state index contributed by atoms with van der Waals surface area (Å²) in [6, 6.07) is 3.42. The lowest BCUT2D eigenvalue weighted by atomic mass is 9.75. The molecule has 114 valence electrons. The van der Waals surface area contributed by atoms with E-state index < -0.39 is 5.82 Å². The van der Waals surface area contributed by atoms with Gasteiger partial charge < -0.3 is 15.0 Å². The van der Waals surface area contributed by atoms with Crippen LogP contribution in [0.5, 0.6) is 5.75 Å². The average molecular weight is 291 g/mol. The lowest BCUT2D eigenvalue weighted by Crippen LogP contribution is -2.25. The Morgan fingerprint density at radius 1 is 1.43 bits per heavy atom. The molecule has 2 aromatic rings. The molecule has 4 nitrogen and oxygen atoms in total. The van der Waals surface area contributed by atoms with Crippen LogP contribution in [0.25, 0.3) is 11.0 Å². The Kier molecular flexibility index (Phi) is 3.30. The second-order valence-electron chi connectivity index (χ2n) is 6.73. The number of hydrogen-bond donors (Lipinski definition) is 1. The molecule has 21 heavy (non-hydrogen) atoms. The summed E-state index contributed by atoms with van der Waals surface area (Å²) in [5.74, 6) is 0.290. The Labute approximate surface area is 124 Å². The number of methoxy groups -OCH3 is 1. The number of hydrogen-bond acceptors (Lipinski definition) is 3. The van der Waals surface area contributed by atoms with E-state index in [1.165, 1.54) is 26.0 Å². The summed E-state index contributed by atoms with van der Waals surface area (Å²) in [6.07, 6.45) is 4.55. The minimum absolute atomic E-state index is 0.235. The number of anilines is 1. The zero-order chi connectivity index (χ0) is 15.2. The molecule has 1 aliphatic carbocycles. The zero-order valence-electron chi connectivity index (χ0n) is 12.8. The third kappa shape index (κ3) is 2.45. The van der Waals surface area contributed by atoms with Gasteiger partial charge in [0.15, 0.2) is 11.6 Å². The number of nitrogen functional groups attached to an aromatic ring is 1. The molecule has 0 aliphatic heterocycles. The monoisotopic (exact) mass is 291 g/mol. The summed E-state index contributed by atoms with van der Waals surface area (Å²) in [4.78, 5) is 4.32. The first-order valence-corrected chi connectivity index (χ1v) is 7.42. The van der Waals surface area contributed by atoms with E-state index in [1.54, 1.807) is 6.07 Å². The molecule has 1 aromatic heterocycles. The summed E-state index contributed by atoms with van der Waals surface area (Å²) in [5, 5.41) is 0. The molecular formula is C16H22FN3O. The summed E-state index contributed by atoms with van der Waals surface area (Å²) >= 11 is 0. The quantitative estimate of drug-likeness (QED) is 0.912. The Morgan fingerprint density at radius 3 is 2.86 bits per heavy atom. The van der Waals surface area contributed by atoms with Crippen molar-refractivity contribution in [1.82, 2.24) is 9.55 Å². The van der Waals surface area contributed by atoms with Crippen molar-refractivity contribution in [2.45, 2.75) is 45.6 Å². The molecule has 1 atom stereocenters. The van der Waals surface area contributed by atoms with Crippen molar-refractivity contribution < 1.29 is 9.13 Å². The van der Waals surface area contributed by atoms with Crippen LogP contribution in [0, 0.1) is 11.2 Å². The molecule has 1 aliphatic rings. The third-order valence-electron chi connectivity index (χ3n) is 4.53. The van der Waals surface area contributed by atoms with Crippen LogP contribution in [0.3, 0.4) is 0 Å². The molecule has 1 unspecified atom stereocenters. The van der Waals surface area contributed by atoms with Crippen molar-refractivity contribution in [2.24, 2.45) is 5.41 Å². The predicted molar refractivity (Wildman–Crippen MR) is 81.9 cm³/mol. The van der Waals surface area contributed by atoms with Crippen LogP contribution < -0.4 is 10.5 Å². The number of aromatic nitrogens is 2. The minimum atomic E-state index is -0.404. The van der Waals surface area contributed by atoms with Crippen LogP contribution in [0.1, 0.15) is 45.6 Å². The molecule has 0 amide bonds. The number of ether oxygens (including phenoxy) is 1. The first kappa shape index (κ1) is 14.2. The normalized spacial score (nSPS) is 21.6. The number of imidazole rings is 1. The van der Waals surface area contributed by atoms with Crippen LogP contribution in [-0.2, 0) is 0 Å². The van der Waals surface area contributed by atoms with Crippen LogP contribution in [0.4, 0.5) is 10.3 Å².